The van der Waals surface area contributed by atoms with Crippen LogP contribution in [0.4, 0.5) is 13.2 Å². The second-order valence-electron chi connectivity index (χ2n) is 4.74. The maximum absolute atomic E-state index is 12.1. The first kappa shape index (κ1) is 19.6. The third-order valence-corrected chi connectivity index (χ3v) is 3.06. The van der Waals surface area contributed by atoms with Gasteiger partial charge in [-0.05, 0) is 17.7 Å². The van der Waals surface area contributed by atoms with Crippen molar-refractivity contribution in [3.8, 4) is 5.75 Å². The van der Waals surface area contributed by atoms with Crippen LogP contribution < -0.4 is 15.4 Å². The summed E-state index contributed by atoms with van der Waals surface area (Å²) >= 11 is 0. The number of nitrogens with zero attached hydrogens (tertiary/aromatic N) is 1. The average Bonchev–Trinajstić information content (AvgIpc) is 2.55. The van der Waals surface area contributed by atoms with Crippen molar-refractivity contribution >= 4 is 11.9 Å². The molecule has 24 heavy (non-hydrogen) atoms. The van der Waals surface area contributed by atoms with Crippen LogP contribution in [0.25, 0.3) is 0 Å². The van der Waals surface area contributed by atoms with E-state index in [9.17, 15) is 18.0 Å². The molecule has 0 unspecified atom stereocenters. The van der Waals surface area contributed by atoms with Crippen LogP contribution >= 0.6 is 0 Å². The lowest BCUT2D eigenvalue weighted by molar-refractivity contribution is -0.132. The van der Waals surface area contributed by atoms with Gasteiger partial charge < -0.3 is 20.1 Å². The summed E-state index contributed by atoms with van der Waals surface area (Å²) in [5, 5.41) is 5.46. The van der Waals surface area contributed by atoms with Crippen LogP contribution in [0.3, 0.4) is 0 Å². The number of guanidine groups is 1. The number of methoxy groups -OCH3 is 2. The zero-order valence-corrected chi connectivity index (χ0v) is 13.7. The van der Waals surface area contributed by atoms with E-state index in [1.54, 1.807) is 18.2 Å². The summed E-state index contributed by atoms with van der Waals surface area (Å²) in [6.07, 6.45) is -5.17. The summed E-state index contributed by atoms with van der Waals surface area (Å²) < 4.78 is 46.2. The summed E-state index contributed by atoms with van der Waals surface area (Å²) in [5.74, 6) is 0.0763. The SMILES string of the molecule is CN=C(NCCC(F)(F)F)NCc1ccc(C(=O)OC)c(OC)c1. The Morgan fingerprint density at radius 3 is 2.50 bits per heavy atom. The predicted octanol–water partition coefficient (Wildman–Crippen LogP) is 2.10. The Balaban J connectivity index is 2.64. The zero-order chi connectivity index (χ0) is 18.2. The molecule has 0 bridgehead atoms. The number of rotatable bonds is 6. The molecular formula is C15H20F3N3O3. The number of benzene rings is 1. The minimum Gasteiger partial charge on any atom is -0.496 e. The number of alkyl halides is 3. The van der Waals surface area contributed by atoms with E-state index in [-0.39, 0.29) is 18.1 Å². The predicted molar refractivity (Wildman–Crippen MR) is 83.2 cm³/mol. The highest BCUT2D eigenvalue weighted by Gasteiger charge is 2.26. The van der Waals surface area contributed by atoms with Crippen molar-refractivity contribution < 1.29 is 27.4 Å². The molecule has 1 aromatic carbocycles. The number of hydrogen-bond donors (Lipinski definition) is 2. The van der Waals surface area contributed by atoms with Crippen LogP contribution in [0.2, 0.25) is 0 Å². The molecule has 0 atom stereocenters. The fraction of sp³-hybridized carbons (Fsp3) is 0.467. The minimum absolute atomic E-state index is 0.246. The second-order valence-corrected chi connectivity index (χ2v) is 4.74. The number of nitrogens with one attached hydrogen (secondary N) is 2. The first-order valence-electron chi connectivity index (χ1n) is 7.07. The van der Waals surface area contributed by atoms with E-state index >= 15 is 0 Å². The highest BCUT2D eigenvalue weighted by atomic mass is 19.4. The van der Waals surface area contributed by atoms with Gasteiger partial charge in [0.2, 0.25) is 0 Å². The second kappa shape index (κ2) is 8.99. The van der Waals surface area contributed by atoms with Crippen molar-refractivity contribution in [3.63, 3.8) is 0 Å². The molecule has 0 saturated carbocycles. The molecule has 0 heterocycles. The molecule has 134 valence electrons. The third kappa shape index (κ3) is 6.35. The molecule has 0 aliphatic heterocycles. The molecule has 2 N–H and O–H groups in total. The van der Waals surface area contributed by atoms with E-state index in [2.05, 4.69) is 20.4 Å². The number of hydrogen-bond acceptors (Lipinski definition) is 4. The van der Waals surface area contributed by atoms with Gasteiger partial charge in [-0.1, -0.05) is 6.07 Å². The number of esters is 1. The van der Waals surface area contributed by atoms with Gasteiger partial charge in [-0.3, -0.25) is 4.99 Å². The molecule has 9 heteroatoms. The van der Waals surface area contributed by atoms with Crippen LogP contribution in [0.5, 0.6) is 5.75 Å². The molecule has 1 rings (SSSR count). The summed E-state index contributed by atoms with van der Waals surface area (Å²) in [7, 11) is 4.16. The van der Waals surface area contributed by atoms with Gasteiger partial charge in [-0.25, -0.2) is 4.79 Å². The molecule has 0 fully saturated rings. The molecule has 0 amide bonds. The smallest absolute Gasteiger partial charge is 0.390 e. The van der Waals surface area contributed by atoms with Crippen molar-refractivity contribution in [1.82, 2.24) is 10.6 Å². The first-order chi connectivity index (χ1) is 11.3. The Labute approximate surface area is 138 Å². The molecule has 0 spiro atoms. The molecule has 0 aliphatic carbocycles. The van der Waals surface area contributed by atoms with Crippen LogP contribution in [-0.2, 0) is 11.3 Å². The summed E-state index contributed by atoms with van der Waals surface area (Å²) in [5.41, 5.74) is 1.05. The summed E-state index contributed by atoms with van der Waals surface area (Å²) in [6, 6.07) is 4.88. The maximum Gasteiger partial charge on any atom is 0.390 e. The van der Waals surface area contributed by atoms with Gasteiger partial charge in [0, 0.05) is 20.1 Å². The third-order valence-electron chi connectivity index (χ3n) is 3.06. The van der Waals surface area contributed by atoms with E-state index in [0.29, 0.717) is 12.3 Å². The average molecular weight is 347 g/mol. The Hall–Kier alpha value is -2.45. The molecule has 0 aromatic heterocycles. The van der Waals surface area contributed by atoms with Crippen molar-refractivity contribution in [2.24, 2.45) is 4.99 Å². The van der Waals surface area contributed by atoms with E-state index < -0.39 is 18.6 Å². The Morgan fingerprint density at radius 2 is 1.96 bits per heavy atom. The number of aliphatic imine (C=N–C) groups is 1. The van der Waals surface area contributed by atoms with Crippen LogP contribution in [0.15, 0.2) is 23.2 Å². The van der Waals surface area contributed by atoms with E-state index in [1.807, 2.05) is 0 Å². The lowest BCUT2D eigenvalue weighted by atomic mass is 10.1. The van der Waals surface area contributed by atoms with Gasteiger partial charge in [0.15, 0.2) is 5.96 Å². The van der Waals surface area contributed by atoms with Gasteiger partial charge in [0.1, 0.15) is 11.3 Å². The summed E-state index contributed by atoms with van der Waals surface area (Å²) in [6.45, 7) is 0.0251. The quantitative estimate of drug-likeness (QED) is 0.468. The Morgan fingerprint density at radius 1 is 1.25 bits per heavy atom. The Kier molecular flexibility index (Phi) is 7.34. The number of halogens is 3. The van der Waals surface area contributed by atoms with Crippen molar-refractivity contribution in [1.29, 1.82) is 0 Å². The molecular weight excluding hydrogens is 327 g/mol. The fourth-order valence-electron chi connectivity index (χ4n) is 1.85. The normalized spacial score (nSPS) is 11.8. The van der Waals surface area contributed by atoms with E-state index in [4.69, 9.17) is 4.74 Å². The van der Waals surface area contributed by atoms with Gasteiger partial charge in [0.05, 0.1) is 20.6 Å². The van der Waals surface area contributed by atoms with Gasteiger partial charge in [0.25, 0.3) is 0 Å². The fourth-order valence-corrected chi connectivity index (χ4v) is 1.85. The number of carbonyl (C=O) groups excluding carboxylic acids is 1. The van der Waals surface area contributed by atoms with Gasteiger partial charge in [-0.15, -0.1) is 0 Å². The lowest BCUT2D eigenvalue weighted by Crippen LogP contribution is -2.38. The Bertz CT molecular complexity index is 589. The summed E-state index contributed by atoms with van der Waals surface area (Å²) in [4.78, 5) is 15.4. The highest BCUT2D eigenvalue weighted by molar-refractivity contribution is 5.92. The van der Waals surface area contributed by atoms with Crippen LogP contribution in [-0.4, -0.2) is 45.9 Å². The maximum atomic E-state index is 12.1. The van der Waals surface area contributed by atoms with Crippen LogP contribution in [0.1, 0.15) is 22.3 Å². The number of carbonyl (C=O) groups is 1. The molecule has 0 aliphatic rings. The van der Waals surface area contributed by atoms with E-state index in [1.165, 1.54) is 21.3 Å². The molecule has 0 saturated heterocycles. The highest BCUT2D eigenvalue weighted by Crippen LogP contribution is 2.21. The van der Waals surface area contributed by atoms with E-state index in [0.717, 1.165) is 5.56 Å². The minimum atomic E-state index is -4.22. The van der Waals surface area contributed by atoms with Crippen molar-refractivity contribution in [2.75, 3.05) is 27.8 Å². The van der Waals surface area contributed by atoms with Gasteiger partial charge >= 0.3 is 12.1 Å². The molecule has 6 nitrogen and oxygen atoms in total. The largest absolute Gasteiger partial charge is 0.496 e. The lowest BCUT2D eigenvalue weighted by Gasteiger charge is -2.14. The van der Waals surface area contributed by atoms with Gasteiger partial charge in [-0.2, -0.15) is 13.2 Å². The van der Waals surface area contributed by atoms with Crippen molar-refractivity contribution in [3.05, 3.63) is 29.3 Å². The topological polar surface area (TPSA) is 72.0 Å². The molecule has 1 aromatic rings. The monoisotopic (exact) mass is 347 g/mol. The standard InChI is InChI=1S/C15H20F3N3O3/c1-19-14(20-7-6-15(16,17)18)21-9-10-4-5-11(13(22)24-3)12(8-10)23-2/h4-5,8H,6-7,9H2,1-3H3,(H2,19,20,21). The van der Waals surface area contributed by atoms with Crippen molar-refractivity contribution in [2.45, 2.75) is 19.1 Å². The molecule has 0 radical (unpaired) electrons. The first-order valence-corrected chi connectivity index (χ1v) is 7.07. The van der Waals surface area contributed by atoms with Crippen LogP contribution in [0, 0.1) is 0 Å². The number of ether oxygens (including phenoxy) is 2. The zero-order valence-electron chi connectivity index (χ0n) is 13.7.